The van der Waals surface area contributed by atoms with Crippen molar-refractivity contribution >= 4 is 5.95 Å². The van der Waals surface area contributed by atoms with E-state index in [-0.39, 0.29) is 0 Å². The molecule has 1 heterocycles. The van der Waals surface area contributed by atoms with Gasteiger partial charge >= 0.3 is 0 Å². The molecule has 1 aliphatic carbocycles. The lowest BCUT2D eigenvalue weighted by Crippen LogP contribution is -2.35. The summed E-state index contributed by atoms with van der Waals surface area (Å²) < 4.78 is 0. The minimum atomic E-state index is 0.489. The van der Waals surface area contributed by atoms with Crippen LogP contribution in [0, 0.1) is 25.7 Å². The smallest absolute Gasteiger partial charge is 0.243 e. The molecule has 94 valence electrons. The summed E-state index contributed by atoms with van der Waals surface area (Å²) in [6.07, 6.45) is 3.84. The highest BCUT2D eigenvalue weighted by molar-refractivity contribution is 5.26. The second-order valence-electron chi connectivity index (χ2n) is 5.32. The fraction of sp³-hybridized carbons (Fsp3) is 0.769. The second-order valence-corrected chi connectivity index (χ2v) is 5.32. The van der Waals surface area contributed by atoms with Gasteiger partial charge in [0.2, 0.25) is 5.95 Å². The van der Waals surface area contributed by atoms with Gasteiger partial charge in [-0.15, -0.1) is 5.10 Å². The largest absolute Gasteiger partial charge is 0.350 e. The van der Waals surface area contributed by atoms with Crippen molar-refractivity contribution in [1.29, 1.82) is 0 Å². The van der Waals surface area contributed by atoms with Gasteiger partial charge in [0.15, 0.2) is 0 Å². The van der Waals surface area contributed by atoms with E-state index >= 15 is 0 Å². The van der Waals surface area contributed by atoms with E-state index in [0.717, 1.165) is 17.3 Å². The molecular formula is C13H22N4. The number of aromatic nitrogens is 3. The van der Waals surface area contributed by atoms with E-state index in [1.807, 2.05) is 13.8 Å². The fourth-order valence-corrected chi connectivity index (χ4v) is 2.47. The first-order valence-corrected chi connectivity index (χ1v) is 6.52. The molecule has 0 radical (unpaired) electrons. The monoisotopic (exact) mass is 234 g/mol. The van der Waals surface area contributed by atoms with E-state index < -0.39 is 0 Å². The summed E-state index contributed by atoms with van der Waals surface area (Å²) in [6.45, 7) is 8.56. The Bertz CT molecular complexity index is 391. The van der Waals surface area contributed by atoms with Crippen LogP contribution in [0.4, 0.5) is 5.95 Å². The molecule has 4 nitrogen and oxygen atoms in total. The lowest BCUT2D eigenvalue weighted by Gasteiger charge is -2.34. The lowest BCUT2D eigenvalue weighted by atomic mass is 9.78. The number of nitrogens with one attached hydrogen (secondary N) is 1. The third kappa shape index (κ3) is 2.73. The Hall–Kier alpha value is -1.19. The third-order valence-electron chi connectivity index (χ3n) is 4.11. The summed E-state index contributed by atoms with van der Waals surface area (Å²) >= 11 is 0. The van der Waals surface area contributed by atoms with Crippen LogP contribution in [0.1, 0.15) is 44.5 Å². The predicted molar refractivity (Wildman–Crippen MR) is 68.9 cm³/mol. The van der Waals surface area contributed by atoms with Crippen LogP contribution < -0.4 is 5.32 Å². The first-order chi connectivity index (χ1) is 8.08. The van der Waals surface area contributed by atoms with E-state index in [2.05, 4.69) is 34.3 Å². The Morgan fingerprint density at radius 1 is 1.06 bits per heavy atom. The predicted octanol–water partition coefficient (Wildman–Crippen LogP) is 2.73. The Kier molecular flexibility index (Phi) is 3.60. The molecule has 3 atom stereocenters. The highest BCUT2D eigenvalue weighted by Crippen LogP contribution is 2.30. The maximum absolute atomic E-state index is 4.44. The van der Waals surface area contributed by atoms with Crippen LogP contribution in [-0.2, 0) is 0 Å². The molecule has 2 rings (SSSR count). The van der Waals surface area contributed by atoms with Gasteiger partial charge in [0.25, 0.3) is 0 Å². The van der Waals surface area contributed by atoms with Crippen molar-refractivity contribution in [2.75, 3.05) is 5.32 Å². The van der Waals surface area contributed by atoms with Gasteiger partial charge in [-0.1, -0.05) is 26.7 Å². The number of aryl methyl sites for hydroxylation is 2. The van der Waals surface area contributed by atoms with Crippen LogP contribution in [0.5, 0.6) is 0 Å². The molecule has 17 heavy (non-hydrogen) atoms. The van der Waals surface area contributed by atoms with Crippen molar-refractivity contribution < 1.29 is 0 Å². The molecule has 0 aromatic carbocycles. The minimum Gasteiger partial charge on any atom is -0.350 e. The molecule has 0 saturated heterocycles. The molecule has 1 N–H and O–H groups in total. The molecule has 1 aliphatic rings. The highest BCUT2D eigenvalue weighted by atomic mass is 15.2. The van der Waals surface area contributed by atoms with Crippen molar-refractivity contribution in [2.45, 2.75) is 53.0 Å². The zero-order chi connectivity index (χ0) is 12.4. The summed E-state index contributed by atoms with van der Waals surface area (Å²) in [5, 5.41) is 11.7. The molecule has 1 saturated carbocycles. The first-order valence-electron chi connectivity index (χ1n) is 6.52. The molecule has 4 heteroatoms. The summed E-state index contributed by atoms with van der Waals surface area (Å²) in [4.78, 5) is 4.44. The lowest BCUT2D eigenvalue weighted by molar-refractivity contribution is 0.252. The van der Waals surface area contributed by atoms with Crippen LogP contribution in [0.2, 0.25) is 0 Å². The Labute approximate surface area is 103 Å². The van der Waals surface area contributed by atoms with Crippen molar-refractivity contribution in [3.8, 4) is 0 Å². The quantitative estimate of drug-likeness (QED) is 0.854. The maximum Gasteiger partial charge on any atom is 0.243 e. The molecule has 0 bridgehead atoms. The van der Waals surface area contributed by atoms with E-state index in [1.54, 1.807) is 0 Å². The van der Waals surface area contributed by atoms with Gasteiger partial charge in [0, 0.05) is 6.04 Å². The number of hydrogen-bond donors (Lipinski definition) is 1. The maximum atomic E-state index is 4.44. The number of nitrogens with zero attached hydrogens (tertiary/aromatic N) is 3. The Balaban J connectivity index is 2.07. The van der Waals surface area contributed by atoms with Gasteiger partial charge < -0.3 is 5.32 Å². The fourth-order valence-electron chi connectivity index (χ4n) is 2.47. The summed E-state index contributed by atoms with van der Waals surface area (Å²) in [5.74, 6) is 2.13. The SMILES string of the molecule is Cc1nnc(NC2CCCC(C)C2C)nc1C. The van der Waals surface area contributed by atoms with E-state index in [1.165, 1.54) is 19.3 Å². The molecule has 0 amide bonds. The van der Waals surface area contributed by atoms with E-state index in [9.17, 15) is 0 Å². The summed E-state index contributed by atoms with van der Waals surface area (Å²) in [7, 11) is 0. The average Bonchev–Trinajstić information content (AvgIpc) is 2.30. The summed E-state index contributed by atoms with van der Waals surface area (Å²) in [5.41, 5.74) is 1.86. The average molecular weight is 234 g/mol. The van der Waals surface area contributed by atoms with Gasteiger partial charge in [0.1, 0.15) is 0 Å². The molecule has 1 aromatic rings. The molecule has 1 fully saturated rings. The van der Waals surface area contributed by atoms with Crippen LogP contribution in [0.3, 0.4) is 0 Å². The van der Waals surface area contributed by atoms with Gasteiger partial charge in [-0.3, -0.25) is 0 Å². The Morgan fingerprint density at radius 3 is 2.53 bits per heavy atom. The zero-order valence-electron chi connectivity index (χ0n) is 11.2. The van der Waals surface area contributed by atoms with E-state index in [0.29, 0.717) is 17.9 Å². The van der Waals surface area contributed by atoms with Crippen LogP contribution >= 0.6 is 0 Å². The van der Waals surface area contributed by atoms with Crippen LogP contribution in [0.15, 0.2) is 0 Å². The molecular weight excluding hydrogens is 212 g/mol. The van der Waals surface area contributed by atoms with Gasteiger partial charge in [-0.05, 0) is 32.1 Å². The number of anilines is 1. The molecule has 0 spiro atoms. The van der Waals surface area contributed by atoms with Crippen LogP contribution in [-0.4, -0.2) is 21.2 Å². The van der Waals surface area contributed by atoms with Crippen molar-refractivity contribution in [3.05, 3.63) is 11.4 Å². The van der Waals surface area contributed by atoms with Gasteiger partial charge in [0.05, 0.1) is 11.4 Å². The minimum absolute atomic E-state index is 0.489. The van der Waals surface area contributed by atoms with Crippen molar-refractivity contribution in [3.63, 3.8) is 0 Å². The number of rotatable bonds is 2. The molecule has 1 aromatic heterocycles. The number of hydrogen-bond acceptors (Lipinski definition) is 4. The topological polar surface area (TPSA) is 50.7 Å². The normalized spacial score (nSPS) is 29.1. The zero-order valence-corrected chi connectivity index (χ0v) is 11.2. The van der Waals surface area contributed by atoms with Crippen molar-refractivity contribution in [1.82, 2.24) is 15.2 Å². The van der Waals surface area contributed by atoms with Crippen molar-refractivity contribution in [2.24, 2.45) is 11.8 Å². The molecule has 0 aliphatic heterocycles. The van der Waals surface area contributed by atoms with Gasteiger partial charge in [-0.2, -0.15) is 5.10 Å². The summed E-state index contributed by atoms with van der Waals surface area (Å²) in [6, 6.07) is 0.489. The highest BCUT2D eigenvalue weighted by Gasteiger charge is 2.27. The standard InChI is InChI=1S/C13H22N4/c1-8-6-5-7-12(9(8)2)15-13-14-10(3)11(4)16-17-13/h8-9,12H,5-7H2,1-4H3,(H,14,15,17). The first kappa shape index (κ1) is 12.3. The van der Waals surface area contributed by atoms with Crippen LogP contribution in [0.25, 0.3) is 0 Å². The Morgan fingerprint density at radius 2 is 1.82 bits per heavy atom. The van der Waals surface area contributed by atoms with E-state index in [4.69, 9.17) is 0 Å². The van der Waals surface area contributed by atoms with Gasteiger partial charge in [-0.25, -0.2) is 4.98 Å². The molecule has 3 unspecified atom stereocenters. The third-order valence-corrected chi connectivity index (χ3v) is 4.11. The second kappa shape index (κ2) is 4.98.